The van der Waals surface area contributed by atoms with Gasteiger partial charge in [0, 0.05) is 0 Å². The average Bonchev–Trinajstić information content (AvgIpc) is 2.46. The summed E-state index contributed by atoms with van der Waals surface area (Å²) in [5.74, 6) is 0.543. The van der Waals surface area contributed by atoms with Gasteiger partial charge in [0.1, 0.15) is 12.4 Å². The van der Waals surface area contributed by atoms with Gasteiger partial charge in [-0.25, -0.2) is 4.99 Å². The summed E-state index contributed by atoms with van der Waals surface area (Å²) in [6.07, 6.45) is -4.63. The third-order valence-corrected chi connectivity index (χ3v) is 2.85. The van der Waals surface area contributed by atoms with Gasteiger partial charge >= 0.3 is 6.18 Å². The van der Waals surface area contributed by atoms with E-state index in [1.165, 1.54) is 12.1 Å². The van der Waals surface area contributed by atoms with Crippen molar-refractivity contribution in [2.75, 3.05) is 0 Å². The van der Waals surface area contributed by atoms with E-state index in [1.807, 2.05) is 30.3 Å². The Morgan fingerprint density at radius 3 is 2.19 bits per heavy atom. The quantitative estimate of drug-likeness (QED) is 0.720. The predicted octanol–water partition coefficient (Wildman–Crippen LogP) is 5.10. The molecule has 0 atom stereocenters. The van der Waals surface area contributed by atoms with Gasteiger partial charge in [-0.3, -0.25) is 0 Å². The molecule has 0 fully saturated rings. The van der Waals surface area contributed by atoms with Crippen LogP contribution in [0.1, 0.15) is 5.56 Å². The van der Waals surface area contributed by atoms with Gasteiger partial charge in [-0.1, -0.05) is 41.9 Å². The van der Waals surface area contributed by atoms with Gasteiger partial charge in [-0.05, 0) is 29.8 Å². The molecule has 2 aromatic rings. The topological polar surface area (TPSA) is 21.6 Å². The molecule has 0 saturated heterocycles. The summed E-state index contributed by atoms with van der Waals surface area (Å²) in [6, 6.07) is 15.4. The summed E-state index contributed by atoms with van der Waals surface area (Å²) in [5.41, 5.74) is 1.11. The Labute approximate surface area is 124 Å². The molecular formula is C15H11ClF3NO. The second kappa shape index (κ2) is 6.63. The first-order valence-corrected chi connectivity index (χ1v) is 6.41. The Kier molecular flexibility index (Phi) is 4.85. The van der Waals surface area contributed by atoms with Crippen LogP contribution < -0.4 is 4.74 Å². The molecule has 110 valence electrons. The summed E-state index contributed by atoms with van der Waals surface area (Å²) in [7, 11) is 0. The second-order valence-corrected chi connectivity index (χ2v) is 4.53. The van der Waals surface area contributed by atoms with Crippen LogP contribution in [0.15, 0.2) is 59.6 Å². The van der Waals surface area contributed by atoms with Crippen molar-refractivity contribution in [3.05, 3.63) is 60.2 Å². The summed E-state index contributed by atoms with van der Waals surface area (Å²) < 4.78 is 42.2. The van der Waals surface area contributed by atoms with Crippen LogP contribution in [0.3, 0.4) is 0 Å². The number of nitrogens with zero attached hydrogens (tertiary/aromatic N) is 1. The lowest BCUT2D eigenvalue weighted by molar-refractivity contribution is -0.0558. The number of ether oxygens (including phenoxy) is 1. The van der Waals surface area contributed by atoms with Crippen molar-refractivity contribution in [3.63, 3.8) is 0 Å². The van der Waals surface area contributed by atoms with Crippen molar-refractivity contribution < 1.29 is 17.9 Å². The zero-order valence-corrected chi connectivity index (χ0v) is 11.5. The Morgan fingerprint density at radius 2 is 1.62 bits per heavy atom. The minimum atomic E-state index is -4.63. The zero-order chi connectivity index (χ0) is 15.3. The molecule has 0 heterocycles. The van der Waals surface area contributed by atoms with Crippen LogP contribution in [0.25, 0.3) is 0 Å². The molecule has 0 aromatic heterocycles. The molecule has 2 rings (SSSR count). The van der Waals surface area contributed by atoms with E-state index in [2.05, 4.69) is 4.99 Å². The van der Waals surface area contributed by atoms with Gasteiger partial charge in [0.05, 0.1) is 5.69 Å². The molecule has 0 N–H and O–H groups in total. The molecule has 2 aromatic carbocycles. The van der Waals surface area contributed by atoms with Gasteiger partial charge in [0.25, 0.3) is 0 Å². The van der Waals surface area contributed by atoms with Crippen molar-refractivity contribution in [1.82, 2.24) is 0 Å². The maximum Gasteiger partial charge on any atom is 0.444 e. The molecule has 0 bridgehead atoms. The van der Waals surface area contributed by atoms with Crippen molar-refractivity contribution in [1.29, 1.82) is 0 Å². The molecule has 0 aliphatic heterocycles. The fraction of sp³-hybridized carbons (Fsp3) is 0.133. The number of halogens is 4. The van der Waals surface area contributed by atoms with E-state index in [4.69, 9.17) is 16.3 Å². The highest BCUT2D eigenvalue weighted by Gasteiger charge is 2.34. The Bertz CT molecular complexity index is 609. The first kappa shape index (κ1) is 15.4. The van der Waals surface area contributed by atoms with E-state index in [0.29, 0.717) is 12.4 Å². The van der Waals surface area contributed by atoms with Crippen molar-refractivity contribution in [2.24, 2.45) is 4.99 Å². The third-order valence-electron chi connectivity index (χ3n) is 2.55. The highest BCUT2D eigenvalue weighted by atomic mass is 35.5. The second-order valence-electron chi connectivity index (χ2n) is 4.17. The summed E-state index contributed by atoms with van der Waals surface area (Å²) >= 11 is 5.07. The highest BCUT2D eigenvalue weighted by molar-refractivity contribution is 6.67. The molecule has 0 amide bonds. The van der Waals surface area contributed by atoms with E-state index in [1.54, 1.807) is 12.1 Å². The largest absolute Gasteiger partial charge is 0.489 e. The first-order chi connectivity index (χ1) is 9.95. The molecule has 21 heavy (non-hydrogen) atoms. The fourth-order valence-corrected chi connectivity index (χ4v) is 1.63. The molecule has 0 saturated carbocycles. The van der Waals surface area contributed by atoms with E-state index in [9.17, 15) is 13.2 Å². The maximum absolute atomic E-state index is 12.2. The van der Waals surface area contributed by atoms with Crippen molar-refractivity contribution >= 4 is 22.5 Å². The lowest BCUT2D eigenvalue weighted by Crippen LogP contribution is -2.16. The Balaban J connectivity index is 1.99. The SMILES string of the molecule is FC(F)(F)/C(Cl)=N/c1ccc(OCc2ccccc2)cc1. The summed E-state index contributed by atoms with van der Waals surface area (Å²) in [5, 5.41) is -1.40. The maximum atomic E-state index is 12.2. The molecule has 0 radical (unpaired) electrons. The minimum Gasteiger partial charge on any atom is -0.489 e. The molecule has 0 spiro atoms. The van der Waals surface area contributed by atoms with Gasteiger partial charge in [0.2, 0.25) is 5.17 Å². The number of hydrogen-bond donors (Lipinski definition) is 0. The zero-order valence-electron chi connectivity index (χ0n) is 10.8. The molecule has 6 heteroatoms. The molecule has 0 unspecified atom stereocenters. The van der Waals surface area contributed by atoms with Crippen LogP contribution in [0.2, 0.25) is 0 Å². The molecular weight excluding hydrogens is 303 g/mol. The summed E-state index contributed by atoms with van der Waals surface area (Å²) in [4.78, 5) is 3.29. The van der Waals surface area contributed by atoms with Crippen LogP contribution in [0.5, 0.6) is 5.75 Å². The lowest BCUT2D eigenvalue weighted by Gasteiger charge is -2.07. The monoisotopic (exact) mass is 313 g/mol. The van der Waals surface area contributed by atoms with Gasteiger partial charge < -0.3 is 4.74 Å². The fourth-order valence-electron chi connectivity index (χ4n) is 1.53. The minimum absolute atomic E-state index is 0.115. The van der Waals surface area contributed by atoms with Crippen LogP contribution >= 0.6 is 11.6 Å². The number of benzene rings is 2. The van der Waals surface area contributed by atoms with Crippen LogP contribution in [0, 0.1) is 0 Å². The lowest BCUT2D eigenvalue weighted by atomic mass is 10.2. The van der Waals surface area contributed by atoms with E-state index in [0.717, 1.165) is 5.56 Å². The predicted molar refractivity (Wildman–Crippen MR) is 76.2 cm³/mol. The smallest absolute Gasteiger partial charge is 0.444 e. The first-order valence-electron chi connectivity index (χ1n) is 6.03. The van der Waals surface area contributed by atoms with Crippen molar-refractivity contribution in [3.8, 4) is 5.75 Å². The Hall–Kier alpha value is -2.01. The number of hydrogen-bond acceptors (Lipinski definition) is 2. The highest BCUT2D eigenvalue weighted by Crippen LogP contribution is 2.25. The van der Waals surface area contributed by atoms with E-state index >= 15 is 0 Å². The van der Waals surface area contributed by atoms with E-state index in [-0.39, 0.29) is 5.69 Å². The number of aliphatic imine (C=N–C) groups is 1. The van der Waals surface area contributed by atoms with Crippen LogP contribution in [-0.4, -0.2) is 11.3 Å². The molecule has 2 nitrogen and oxygen atoms in total. The summed E-state index contributed by atoms with van der Waals surface area (Å²) in [6.45, 7) is 0.382. The van der Waals surface area contributed by atoms with Gasteiger partial charge in [0.15, 0.2) is 0 Å². The van der Waals surface area contributed by atoms with Gasteiger partial charge in [-0.15, -0.1) is 0 Å². The normalized spacial score (nSPS) is 12.3. The van der Waals surface area contributed by atoms with Gasteiger partial charge in [-0.2, -0.15) is 13.2 Å². The van der Waals surface area contributed by atoms with Crippen LogP contribution in [0.4, 0.5) is 18.9 Å². The third kappa shape index (κ3) is 4.79. The Morgan fingerprint density at radius 1 is 1.00 bits per heavy atom. The van der Waals surface area contributed by atoms with Crippen molar-refractivity contribution in [2.45, 2.75) is 12.8 Å². The molecule has 0 aliphatic rings. The van der Waals surface area contributed by atoms with E-state index < -0.39 is 11.3 Å². The number of rotatable bonds is 4. The van der Waals surface area contributed by atoms with Crippen LogP contribution in [-0.2, 0) is 6.61 Å². The number of alkyl halides is 3. The standard InChI is InChI=1S/C15H11ClF3NO/c16-14(15(17,18)19)20-12-6-8-13(9-7-12)21-10-11-4-2-1-3-5-11/h1-9H,10H2/b20-14-. The molecule has 0 aliphatic carbocycles. The average molecular weight is 314 g/mol.